The van der Waals surface area contributed by atoms with Gasteiger partial charge in [-0.2, -0.15) is 0 Å². The fourth-order valence-corrected chi connectivity index (χ4v) is 4.33. The highest BCUT2D eigenvalue weighted by Gasteiger charge is 2.45. The maximum atomic E-state index is 13.4. The molecule has 0 saturated carbocycles. The average Bonchev–Trinajstić information content (AvgIpc) is 3.12. The Morgan fingerprint density at radius 3 is 2.36 bits per heavy atom. The molecule has 1 aliphatic rings. The van der Waals surface area contributed by atoms with Crippen molar-refractivity contribution < 1.29 is 37.2 Å². The van der Waals surface area contributed by atoms with Crippen LogP contribution in [-0.4, -0.2) is 69.1 Å². The van der Waals surface area contributed by atoms with Gasteiger partial charge in [-0.3, -0.25) is 24.5 Å². The molecule has 0 spiro atoms. The number of sulfonamides is 1. The molecular formula is C21H21ClN4O9S. The first-order valence-electron chi connectivity index (χ1n) is 10.2. The lowest BCUT2D eigenvalue weighted by molar-refractivity contribution is -0.384. The first-order valence-corrected chi connectivity index (χ1v) is 12.1. The summed E-state index contributed by atoms with van der Waals surface area (Å²) < 4.78 is 33.3. The molecule has 13 nitrogen and oxygen atoms in total. The van der Waals surface area contributed by atoms with E-state index in [1.807, 2.05) is 0 Å². The molecule has 1 heterocycles. The molecule has 0 bridgehead atoms. The molecule has 1 fully saturated rings. The molecule has 2 N–H and O–H groups in total. The Kier molecular flexibility index (Phi) is 8.05. The summed E-state index contributed by atoms with van der Waals surface area (Å²) in [6.07, 6.45) is -1.39. The highest BCUT2D eigenvalue weighted by atomic mass is 35.5. The first kappa shape index (κ1) is 27.2. The van der Waals surface area contributed by atoms with Crippen LogP contribution in [0.4, 0.5) is 11.4 Å². The predicted molar refractivity (Wildman–Crippen MR) is 126 cm³/mol. The van der Waals surface area contributed by atoms with Gasteiger partial charge in [-0.1, -0.05) is 11.6 Å². The van der Waals surface area contributed by atoms with Crippen LogP contribution >= 0.6 is 11.6 Å². The number of imide groups is 1. The van der Waals surface area contributed by atoms with E-state index in [1.165, 1.54) is 38.5 Å². The molecule has 1 unspecified atom stereocenters. The van der Waals surface area contributed by atoms with Crippen molar-refractivity contribution in [2.75, 3.05) is 25.7 Å². The molecule has 1 atom stereocenters. The van der Waals surface area contributed by atoms with Gasteiger partial charge in [0, 0.05) is 25.8 Å². The number of rotatable bonds is 9. The second kappa shape index (κ2) is 10.7. The fraction of sp³-hybridized carbons (Fsp3) is 0.286. The van der Waals surface area contributed by atoms with Gasteiger partial charge in [0.15, 0.2) is 6.29 Å². The van der Waals surface area contributed by atoms with Gasteiger partial charge in [-0.05, 0) is 36.4 Å². The summed E-state index contributed by atoms with van der Waals surface area (Å²) in [7, 11) is -1.37. The van der Waals surface area contributed by atoms with Gasteiger partial charge in [0.05, 0.1) is 28.5 Å². The average molecular weight is 541 g/mol. The van der Waals surface area contributed by atoms with E-state index in [1.54, 1.807) is 0 Å². The van der Waals surface area contributed by atoms with Crippen molar-refractivity contribution in [3.8, 4) is 0 Å². The van der Waals surface area contributed by atoms with Crippen LogP contribution < -0.4 is 10.0 Å². The summed E-state index contributed by atoms with van der Waals surface area (Å²) >= 11 is 5.84. The standard InChI is InChI=1S/C21H21ClN4O9S/c1-34-19(35-2)11-24(20(28)12-3-8-15(22)16(9-12)26(30)31)17-10-18(27)25(21(17)29)13-4-6-14(7-5-13)36(23,32)33/h3-9,17,19H,10-11H2,1-2H3,(H2,23,32,33). The minimum Gasteiger partial charge on any atom is -0.354 e. The number of hydrogen-bond acceptors (Lipinski definition) is 9. The van der Waals surface area contributed by atoms with Crippen LogP contribution in [0.25, 0.3) is 0 Å². The molecule has 1 saturated heterocycles. The molecule has 1 aliphatic heterocycles. The Labute approximate surface area is 210 Å². The Hall–Kier alpha value is -3.43. The minimum atomic E-state index is -3.99. The summed E-state index contributed by atoms with van der Waals surface area (Å²) in [5.74, 6) is -2.22. The number of carbonyl (C=O) groups is 3. The third kappa shape index (κ3) is 5.52. The molecule has 15 heteroatoms. The number of halogens is 1. The van der Waals surface area contributed by atoms with Gasteiger partial charge >= 0.3 is 0 Å². The molecule has 36 heavy (non-hydrogen) atoms. The SMILES string of the molecule is COC(CN(C(=O)c1ccc(Cl)c([N+](=O)[O-])c1)C1CC(=O)N(c2ccc(S(N)(=O)=O)cc2)C1=O)OC. The number of benzene rings is 2. The van der Waals surface area contributed by atoms with E-state index in [0.717, 1.165) is 28.0 Å². The van der Waals surface area contributed by atoms with Crippen LogP contribution in [-0.2, 0) is 29.1 Å². The summed E-state index contributed by atoms with van der Waals surface area (Å²) in [6, 6.07) is 6.85. The van der Waals surface area contributed by atoms with Crippen LogP contribution in [0.1, 0.15) is 16.8 Å². The predicted octanol–water partition coefficient (Wildman–Crippen LogP) is 1.29. The van der Waals surface area contributed by atoms with Crippen molar-refractivity contribution >= 4 is 50.7 Å². The van der Waals surface area contributed by atoms with Crippen molar-refractivity contribution in [1.82, 2.24) is 4.90 Å². The van der Waals surface area contributed by atoms with E-state index in [-0.39, 0.29) is 27.7 Å². The number of nitro benzene ring substituents is 1. The van der Waals surface area contributed by atoms with Crippen LogP contribution in [0.5, 0.6) is 0 Å². The van der Waals surface area contributed by atoms with Gasteiger partial charge < -0.3 is 14.4 Å². The Bertz CT molecular complexity index is 1310. The van der Waals surface area contributed by atoms with Crippen molar-refractivity contribution in [2.24, 2.45) is 5.14 Å². The monoisotopic (exact) mass is 540 g/mol. The van der Waals surface area contributed by atoms with Crippen LogP contribution in [0, 0.1) is 10.1 Å². The van der Waals surface area contributed by atoms with Gasteiger partial charge in [0.25, 0.3) is 17.5 Å². The van der Waals surface area contributed by atoms with Crippen LogP contribution in [0.15, 0.2) is 47.4 Å². The zero-order valence-electron chi connectivity index (χ0n) is 19.0. The first-order chi connectivity index (χ1) is 16.9. The van der Waals surface area contributed by atoms with Crippen molar-refractivity contribution in [3.05, 3.63) is 63.2 Å². The highest BCUT2D eigenvalue weighted by Crippen LogP contribution is 2.30. The molecule has 3 rings (SSSR count). The number of primary sulfonamides is 1. The topological polar surface area (TPSA) is 179 Å². The van der Waals surface area contributed by atoms with Crippen LogP contribution in [0.3, 0.4) is 0 Å². The summed E-state index contributed by atoms with van der Waals surface area (Å²) in [5, 5.41) is 16.2. The van der Waals surface area contributed by atoms with Gasteiger partial charge in [0.2, 0.25) is 15.9 Å². The molecule has 0 aliphatic carbocycles. The lowest BCUT2D eigenvalue weighted by Gasteiger charge is -2.30. The minimum absolute atomic E-state index is 0.0736. The summed E-state index contributed by atoms with van der Waals surface area (Å²) in [6.45, 7) is -0.288. The van der Waals surface area contributed by atoms with Gasteiger partial charge in [-0.15, -0.1) is 0 Å². The number of nitrogens with two attached hydrogens (primary N) is 1. The van der Waals surface area contributed by atoms with Crippen molar-refractivity contribution in [1.29, 1.82) is 0 Å². The molecule has 2 aromatic rings. The lowest BCUT2D eigenvalue weighted by atomic mass is 10.1. The molecular weight excluding hydrogens is 520 g/mol. The summed E-state index contributed by atoms with van der Waals surface area (Å²) in [5.41, 5.74) is -0.583. The Morgan fingerprint density at radius 1 is 1.22 bits per heavy atom. The van der Waals surface area contributed by atoms with E-state index in [2.05, 4.69) is 0 Å². The third-order valence-electron chi connectivity index (χ3n) is 5.44. The maximum Gasteiger partial charge on any atom is 0.288 e. The second-order valence-electron chi connectivity index (χ2n) is 7.61. The highest BCUT2D eigenvalue weighted by molar-refractivity contribution is 7.89. The van der Waals surface area contributed by atoms with E-state index in [4.69, 9.17) is 26.2 Å². The lowest BCUT2D eigenvalue weighted by Crippen LogP contribution is -2.49. The smallest absolute Gasteiger partial charge is 0.288 e. The van der Waals surface area contributed by atoms with Gasteiger partial charge in [0.1, 0.15) is 11.1 Å². The maximum absolute atomic E-state index is 13.4. The third-order valence-corrected chi connectivity index (χ3v) is 6.69. The van der Waals surface area contributed by atoms with E-state index < -0.39 is 57.1 Å². The molecule has 0 radical (unpaired) electrons. The zero-order valence-corrected chi connectivity index (χ0v) is 20.6. The number of methoxy groups -OCH3 is 2. The van der Waals surface area contributed by atoms with Crippen molar-refractivity contribution in [2.45, 2.75) is 23.6 Å². The number of hydrogen-bond donors (Lipinski definition) is 1. The normalized spacial score (nSPS) is 16.0. The quantitative estimate of drug-likeness (QED) is 0.212. The summed E-state index contributed by atoms with van der Waals surface area (Å²) in [4.78, 5) is 51.7. The number of ether oxygens (including phenoxy) is 2. The fourth-order valence-electron chi connectivity index (χ4n) is 3.62. The molecule has 3 amide bonds. The van der Waals surface area contributed by atoms with Gasteiger partial charge in [-0.25, -0.2) is 18.5 Å². The number of carbonyl (C=O) groups excluding carboxylic acids is 3. The Balaban J connectivity index is 1.99. The Morgan fingerprint density at radius 2 is 1.83 bits per heavy atom. The largest absolute Gasteiger partial charge is 0.354 e. The van der Waals surface area contributed by atoms with Crippen molar-refractivity contribution in [3.63, 3.8) is 0 Å². The second-order valence-corrected chi connectivity index (χ2v) is 9.58. The molecule has 2 aromatic carbocycles. The number of anilines is 1. The van der Waals surface area contributed by atoms with E-state index in [0.29, 0.717) is 0 Å². The number of nitro groups is 1. The zero-order chi connectivity index (χ0) is 26.8. The molecule has 192 valence electrons. The van der Waals surface area contributed by atoms with E-state index in [9.17, 15) is 32.9 Å². The van der Waals surface area contributed by atoms with Crippen LogP contribution in [0.2, 0.25) is 5.02 Å². The van der Waals surface area contributed by atoms with E-state index >= 15 is 0 Å². The molecule has 0 aromatic heterocycles. The number of amides is 3. The number of nitrogens with zero attached hydrogens (tertiary/aromatic N) is 3.